The summed E-state index contributed by atoms with van der Waals surface area (Å²) in [5.41, 5.74) is 4.83. The van der Waals surface area contributed by atoms with E-state index < -0.39 is 9.84 Å². The highest BCUT2D eigenvalue weighted by molar-refractivity contribution is 7.91. The molecule has 1 aliphatic rings. The van der Waals surface area contributed by atoms with Crippen molar-refractivity contribution in [2.75, 3.05) is 31.1 Å². The SMILES string of the molecule is CCNC(=O)c1noc(-c2cc(Cl)c(OCc3ccccc3)cc2OCc2ccccc2)c1-c1ccc(CN2CCS(=O)(=O)CC2)cc1. The Kier molecular flexibility index (Phi) is 10.4. The first-order valence-electron chi connectivity index (χ1n) is 15.8. The minimum Gasteiger partial charge on any atom is -0.488 e. The molecule has 248 valence electrons. The van der Waals surface area contributed by atoms with Crippen LogP contribution in [0.15, 0.2) is 102 Å². The molecule has 0 aliphatic carbocycles. The van der Waals surface area contributed by atoms with Crippen LogP contribution in [0.3, 0.4) is 0 Å². The molecule has 0 radical (unpaired) electrons. The number of aromatic nitrogens is 1. The van der Waals surface area contributed by atoms with E-state index in [2.05, 4.69) is 15.4 Å². The van der Waals surface area contributed by atoms with Crippen molar-refractivity contribution in [1.82, 2.24) is 15.4 Å². The average molecular weight is 686 g/mol. The van der Waals surface area contributed by atoms with E-state index in [1.165, 1.54) is 0 Å². The van der Waals surface area contributed by atoms with Gasteiger partial charge in [0.15, 0.2) is 21.3 Å². The van der Waals surface area contributed by atoms with Crippen LogP contribution in [0, 0.1) is 0 Å². The van der Waals surface area contributed by atoms with Gasteiger partial charge in [-0.15, -0.1) is 0 Å². The number of nitrogens with zero attached hydrogens (tertiary/aromatic N) is 2. The quantitative estimate of drug-likeness (QED) is 0.153. The van der Waals surface area contributed by atoms with Gasteiger partial charge in [0.25, 0.3) is 5.91 Å². The third-order valence-corrected chi connectivity index (χ3v) is 9.99. The first-order chi connectivity index (χ1) is 23.3. The normalized spacial score (nSPS) is 14.4. The second-order valence-electron chi connectivity index (χ2n) is 11.5. The molecule has 48 heavy (non-hydrogen) atoms. The van der Waals surface area contributed by atoms with E-state index in [9.17, 15) is 13.2 Å². The van der Waals surface area contributed by atoms with Gasteiger partial charge in [0.1, 0.15) is 24.7 Å². The molecule has 0 spiro atoms. The lowest BCUT2D eigenvalue weighted by atomic mass is 9.97. The Morgan fingerprint density at radius 2 is 1.46 bits per heavy atom. The molecular formula is C37H36ClN3O6S. The van der Waals surface area contributed by atoms with Crippen molar-refractivity contribution in [2.45, 2.75) is 26.7 Å². The molecule has 1 aromatic heterocycles. The number of benzene rings is 4. The summed E-state index contributed by atoms with van der Waals surface area (Å²) in [6.45, 7) is 4.45. The Morgan fingerprint density at radius 3 is 2.06 bits per heavy atom. The molecule has 1 amide bonds. The molecule has 1 N–H and O–H groups in total. The third kappa shape index (κ3) is 8.07. The number of rotatable bonds is 12. The van der Waals surface area contributed by atoms with E-state index in [0.29, 0.717) is 71.8 Å². The molecule has 0 atom stereocenters. The van der Waals surface area contributed by atoms with Crippen molar-refractivity contribution in [3.05, 3.63) is 124 Å². The molecule has 0 unspecified atom stereocenters. The molecule has 4 aromatic carbocycles. The lowest BCUT2D eigenvalue weighted by molar-refractivity contribution is 0.0947. The van der Waals surface area contributed by atoms with Gasteiger partial charge >= 0.3 is 0 Å². The predicted molar refractivity (Wildman–Crippen MR) is 186 cm³/mol. The molecule has 5 aromatic rings. The van der Waals surface area contributed by atoms with Gasteiger partial charge in [0.2, 0.25) is 0 Å². The average Bonchev–Trinajstić information content (AvgIpc) is 3.54. The van der Waals surface area contributed by atoms with E-state index in [1.807, 2.05) is 91.9 Å². The lowest BCUT2D eigenvalue weighted by Crippen LogP contribution is -2.39. The van der Waals surface area contributed by atoms with Gasteiger partial charge in [-0.3, -0.25) is 9.69 Å². The van der Waals surface area contributed by atoms with Crippen LogP contribution in [0.1, 0.15) is 34.1 Å². The van der Waals surface area contributed by atoms with Crippen molar-refractivity contribution in [3.63, 3.8) is 0 Å². The Morgan fingerprint density at radius 1 is 0.854 bits per heavy atom. The van der Waals surface area contributed by atoms with Crippen molar-refractivity contribution < 1.29 is 27.2 Å². The van der Waals surface area contributed by atoms with E-state index in [1.54, 1.807) is 12.1 Å². The number of carbonyl (C=O) groups is 1. The highest BCUT2D eigenvalue weighted by Crippen LogP contribution is 2.44. The fraction of sp³-hybridized carbons (Fsp3) is 0.243. The zero-order valence-electron chi connectivity index (χ0n) is 26.5. The first-order valence-corrected chi connectivity index (χ1v) is 18.0. The standard InChI is InChI=1S/C37H36ClN3O6S/c1-2-39-37(42)35-34(29-15-13-26(14-16-29)23-41-17-19-48(43,44)20-18-41)36(47-40-35)30-21-31(38)33(46-25-28-11-7-4-8-12-28)22-32(30)45-24-27-9-5-3-6-10-27/h3-16,21-22H,2,17-20,23-25H2,1H3,(H,39,42). The maximum absolute atomic E-state index is 13.2. The number of halogens is 1. The lowest BCUT2D eigenvalue weighted by Gasteiger charge is -2.26. The molecule has 1 fully saturated rings. The zero-order chi connectivity index (χ0) is 33.5. The van der Waals surface area contributed by atoms with E-state index in [0.717, 1.165) is 16.7 Å². The number of hydrogen-bond acceptors (Lipinski definition) is 8. The second kappa shape index (κ2) is 15.1. The van der Waals surface area contributed by atoms with Crippen LogP contribution in [0.2, 0.25) is 5.02 Å². The minimum absolute atomic E-state index is 0.135. The molecule has 6 rings (SSSR count). The van der Waals surface area contributed by atoms with Crippen LogP contribution >= 0.6 is 11.6 Å². The zero-order valence-corrected chi connectivity index (χ0v) is 28.1. The predicted octanol–water partition coefficient (Wildman–Crippen LogP) is 6.80. The number of nitrogens with one attached hydrogen (secondary N) is 1. The van der Waals surface area contributed by atoms with Gasteiger partial charge in [0.05, 0.1) is 27.7 Å². The Hall–Kier alpha value is -4.64. The molecule has 0 saturated carbocycles. The third-order valence-electron chi connectivity index (χ3n) is 8.08. The van der Waals surface area contributed by atoms with E-state index in [-0.39, 0.29) is 29.7 Å². The highest BCUT2D eigenvalue weighted by atomic mass is 35.5. The van der Waals surface area contributed by atoms with Crippen molar-refractivity contribution in [2.24, 2.45) is 0 Å². The number of ether oxygens (including phenoxy) is 2. The van der Waals surface area contributed by atoms with E-state index in [4.69, 9.17) is 25.6 Å². The largest absolute Gasteiger partial charge is 0.488 e. The Bertz CT molecular complexity index is 1950. The number of carbonyl (C=O) groups excluding carboxylic acids is 1. The minimum atomic E-state index is -2.96. The molecular weight excluding hydrogens is 650 g/mol. The highest BCUT2D eigenvalue weighted by Gasteiger charge is 2.28. The fourth-order valence-electron chi connectivity index (χ4n) is 5.50. The Labute approximate surface area is 285 Å². The molecule has 1 saturated heterocycles. The summed E-state index contributed by atoms with van der Waals surface area (Å²) in [5.74, 6) is 1.16. The molecule has 1 aliphatic heterocycles. The topological polar surface area (TPSA) is 111 Å². The smallest absolute Gasteiger partial charge is 0.274 e. The molecule has 0 bridgehead atoms. The number of sulfone groups is 1. The monoisotopic (exact) mass is 685 g/mol. The maximum atomic E-state index is 13.2. The van der Waals surface area contributed by atoms with Crippen LogP contribution < -0.4 is 14.8 Å². The number of amides is 1. The van der Waals surface area contributed by atoms with Crippen LogP contribution in [0.5, 0.6) is 11.5 Å². The van der Waals surface area contributed by atoms with Gasteiger partial charge in [0, 0.05) is 32.2 Å². The summed E-state index contributed by atoms with van der Waals surface area (Å²) >= 11 is 6.82. The Balaban J connectivity index is 1.36. The summed E-state index contributed by atoms with van der Waals surface area (Å²) in [5, 5.41) is 7.39. The van der Waals surface area contributed by atoms with Gasteiger partial charge in [-0.1, -0.05) is 102 Å². The molecule has 2 heterocycles. The van der Waals surface area contributed by atoms with Gasteiger partial charge in [-0.2, -0.15) is 0 Å². The molecule has 11 heteroatoms. The summed E-state index contributed by atoms with van der Waals surface area (Å²) < 4.78 is 42.2. The van der Waals surface area contributed by atoms with Gasteiger partial charge < -0.3 is 19.3 Å². The second-order valence-corrected chi connectivity index (χ2v) is 14.3. The van der Waals surface area contributed by atoms with Gasteiger partial charge in [-0.05, 0) is 35.2 Å². The first kappa shape index (κ1) is 33.3. The van der Waals surface area contributed by atoms with Crippen molar-refractivity contribution in [3.8, 4) is 33.9 Å². The molecule has 9 nitrogen and oxygen atoms in total. The summed E-state index contributed by atoms with van der Waals surface area (Å²) in [6, 6.07) is 30.8. The van der Waals surface area contributed by atoms with Crippen LogP contribution in [-0.2, 0) is 29.6 Å². The summed E-state index contributed by atoms with van der Waals surface area (Å²) in [4.78, 5) is 15.4. The van der Waals surface area contributed by atoms with Crippen molar-refractivity contribution >= 4 is 27.3 Å². The fourth-order valence-corrected chi connectivity index (χ4v) is 6.99. The summed E-state index contributed by atoms with van der Waals surface area (Å²) in [7, 11) is -2.96. The van der Waals surface area contributed by atoms with Crippen LogP contribution in [-0.4, -0.2) is 55.5 Å². The number of hydrogen-bond donors (Lipinski definition) is 1. The van der Waals surface area contributed by atoms with Crippen LogP contribution in [0.25, 0.3) is 22.5 Å². The van der Waals surface area contributed by atoms with Crippen molar-refractivity contribution in [1.29, 1.82) is 0 Å². The maximum Gasteiger partial charge on any atom is 0.274 e. The van der Waals surface area contributed by atoms with E-state index >= 15 is 0 Å². The van der Waals surface area contributed by atoms with Crippen LogP contribution in [0.4, 0.5) is 0 Å². The summed E-state index contributed by atoms with van der Waals surface area (Å²) in [6.07, 6.45) is 0. The van der Waals surface area contributed by atoms with Gasteiger partial charge in [-0.25, -0.2) is 8.42 Å².